The highest BCUT2D eigenvalue weighted by atomic mass is 32.2. The van der Waals surface area contributed by atoms with Gasteiger partial charge >= 0.3 is 0 Å². The summed E-state index contributed by atoms with van der Waals surface area (Å²) in [5, 5.41) is 2.98. The van der Waals surface area contributed by atoms with Gasteiger partial charge in [-0.3, -0.25) is 4.79 Å². The van der Waals surface area contributed by atoms with Gasteiger partial charge < -0.3 is 5.32 Å². The zero-order valence-corrected chi connectivity index (χ0v) is 16.4. The Kier molecular flexibility index (Phi) is 5.96. The summed E-state index contributed by atoms with van der Waals surface area (Å²) in [4.78, 5) is 12.2. The van der Waals surface area contributed by atoms with Crippen molar-refractivity contribution in [2.45, 2.75) is 30.7 Å². The summed E-state index contributed by atoms with van der Waals surface area (Å²) >= 11 is 0. The normalized spacial score (nSPS) is 15.1. The second-order valence-electron chi connectivity index (χ2n) is 6.99. The molecule has 0 saturated heterocycles. The van der Waals surface area contributed by atoms with Crippen molar-refractivity contribution in [2.75, 3.05) is 6.54 Å². The topological polar surface area (TPSA) is 75.3 Å². The minimum atomic E-state index is -4.07. The fourth-order valence-electron chi connectivity index (χ4n) is 3.00. The molecule has 0 spiro atoms. The van der Waals surface area contributed by atoms with Gasteiger partial charge in [0.1, 0.15) is 10.7 Å². The van der Waals surface area contributed by atoms with Gasteiger partial charge in [-0.1, -0.05) is 35.9 Å². The van der Waals surface area contributed by atoms with Crippen molar-refractivity contribution < 1.29 is 17.6 Å². The first kappa shape index (κ1) is 20.2. The Labute approximate surface area is 164 Å². The van der Waals surface area contributed by atoms with Crippen molar-refractivity contribution in [3.8, 4) is 0 Å². The third-order valence-corrected chi connectivity index (χ3v) is 6.16. The second-order valence-corrected chi connectivity index (χ2v) is 8.72. The summed E-state index contributed by atoms with van der Waals surface area (Å²) in [6, 6.07) is 11.1. The molecule has 0 bridgehead atoms. The zero-order valence-electron chi connectivity index (χ0n) is 15.6. The first-order valence-corrected chi connectivity index (χ1v) is 10.6. The summed E-state index contributed by atoms with van der Waals surface area (Å²) in [5.41, 5.74) is 2.23. The van der Waals surface area contributed by atoms with E-state index in [1.54, 1.807) is 0 Å². The largest absolute Gasteiger partial charge is 0.345 e. The standard InChI is InChI=1S/C21H23FN2O3S/c1-3-12-23-28(26,27)19-13-17(10-11-18(19)22)21(25)24-20(16-8-9-16)15-6-4-14(2)5-7-15/h3-7,10-11,13,16,20,23H,1,8-9,12H2,2H3,(H,24,25). The monoisotopic (exact) mass is 402 g/mol. The number of amides is 1. The van der Waals surface area contributed by atoms with Crippen molar-refractivity contribution in [3.63, 3.8) is 0 Å². The third kappa shape index (κ3) is 4.66. The third-order valence-electron chi connectivity index (χ3n) is 4.72. The van der Waals surface area contributed by atoms with Gasteiger partial charge in [-0.25, -0.2) is 17.5 Å². The predicted octanol–water partition coefficient (Wildman–Crippen LogP) is 3.48. The molecule has 1 aliphatic rings. The van der Waals surface area contributed by atoms with E-state index >= 15 is 0 Å². The molecule has 0 heterocycles. The molecule has 2 aromatic carbocycles. The lowest BCUT2D eigenvalue weighted by Crippen LogP contribution is -2.30. The minimum Gasteiger partial charge on any atom is -0.345 e. The van der Waals surface area contributed by atoms with E-state index in [2.05, 4.69) is 16.6 Å². The molecule has 28 heavy (non-hydrogen) atoms. The Bertz CT molecular complexity index is 983. The van der Waals surface area contributed by atoms with E-state index < -0.39 is 26.6 Å². The van der Waals surface area contributed by atoms with Crippen LogP contribution in [0, 0.1) is 18.7 Å². The number of carbonyl (C=O) groups excluding carboxylic acids is 1. The first-order valence-electron chi connectivity index (χ1n) is 9.09. The highest BCUT2D eigenvalue weighted by Crippen LogP contribution is 2.41. The molecule has 1 saturated carbocycles. The fourth-order valence-corrected chi connectivity index (χ4v) is 4.10. The molecule has 148 valence electrons. The molecule has 0 radical (unpaired) electrons. The Morgan fingerprint density at radius 1 is 1.25 bits per heavy atom. The van der Waals surface area contributed by atoms with E-state index in [1.165, 1.54) is 12.1 Å². The number of sulfonamides is 1. The van der Waals surface area contributed by atoms with Gasteiger partial charge in [0.05, 0.1) is 6.04 Å². The molecule has 1 fully saturated rings. The number of nitrogens with one attached hydrogen (secondary N) is 2. The van der Waals surface area contributed by atoms with Crippen LogP contribution in [0.5, 0.6) is 0 Å². The quantitative estimate of drug-likeness (QED) is 0.664. The molecule has 2 N–H and O–H groups in total. The maximum atomic E-state index is 14.1. The Hall–Kier alpha value is -2.51. The Morgan fingerprint density at radius 3 is 2.54 bits per heavy atom. The summed E-state index contributed by atoms with van der Waals surface area (Å²) in [6.07, 6.45) is 3.40. The van der Waals surface area contributed by atoms with Gasteiger partial charge in [-0.15, -0.1) is 6.58 Å². The number of aryl methyl sites for hydroxylation is 1. The van der Waals surface area contributed by atoms with E-state index in [0.717, 1.165) is 36.1 Å². The maximum absolute atomic E-state index is 14.1. The lowest BCUT2D eigenvalue weighted by molar-refractivity contribution is 0.0931. The van der Waals surface area contributed by atoms with Crippen LogP contribution in [0.2, 0.25) is 0 Å². The summed E-state index contributed by atoms with van der Waals surface area (Å²) in [7, 11) is -4.07. The molecular formula is C21H23FN2O3S. The average Bonchev–Trinajstić information content (AvgIpc) is 3.50. The van der Waals surface area contributed by atoms with Gasteiger partial charge in [-0.05, 0) is 49.4 Å². The molecule has 0 aromatic heterocycles. The SMILES string of the molecule is C=CCNS(=O)(=O)c1cc(C(=O)NC(c2ccc(C)cc2)C2CC2)ccc1F. The van der Waals surface area contributed by atoms with Gasteiger partial charge in [0.2, 0.25) is 10.0 Å². The number of hydrogen-bond acceptors (Lipinski definition) is 3. The van der Waals surface area contributed by atoms with E-state index in [9.17, 15) is 17.6 Å². The maximum Gasteiger partial charge on any atom is 0.251 e. The van der Waals surface area contributed by atoms with Crippen LogP contribution < -0.4 is 10.0 Å². The molecule has 5 nitrogen and oxygen atoms in total. The lowest BCUT2D eigenvalue weighted by atomic mass is 10.0. The number of hydrogen-bond donors (Lipinski definition) is 2. The molecule has 1 aliphatic carbocycles. The van der Waals surface area contributed by atoms with E-state index in [-0.39, 0.29) is 18.2 Å². The van der Waals surface area contributed by atoms with Crippen LogP contribution in [0.15, 0.2) is 60.0 Å². The van der Waals surface area contributed by atoms with Crippen LogP contribution in [-0.2, 0) is 10.0 Å². The molecule has 3 rings (SSSR count). The smallest absolute Gasteiger partial charge is 0.251 e. The van der Waals surface area contributed by atoms with Crippen molar-refractivity contribution in [1.82, 2.24) is 10.0 Å². The van der Waals surface area contributed by atoms with Gasteiger partial charge in [0, 0.05) is 12.1 Å². The lowest BCUT2D eigenvalue weighted by Gasteiger charge is -2.19. The van der Waals surface area contributed by atoms with Gasteiger partial charge in [-0.2, -0.15) is 0 Å². The molecule has 1 atom stereocenters. The molecule has 1 unspecified atom stereocenters. The summed E-state index contributed by atoms with van der Waals surface area (Å²) in [6.45, 7) is 5.39. The van der Waals surface area contributed by atoms with Crippen LogP contribution in [0.25, 0.3) is 0 Å². The minimum absolute atomic E-state index is 0.0324. The highest BCUT2D eigenvalue weighted by Gasteiger charge is 2.33. The highest BCUT2D eigenvalue weighted by molar-refractivity contribution is 7.89. The van der Waals surface area contributed by atoms with Crippen LogP contribution in [0.4, 0.5) is 4.39 Å². The van der Waals surface area contributed by atoms with Gasteiger partial charge in [0.15, 0.2) is 0 Å². The molecule has 0 aliphatic heterocycles. The van der Waals surface area contributed by atoms with E-state index in [0.29, 0.717) is 5.92 Å². The van der Waals surface area contributed by atoms with Crippen molar-refractivity contribution in [2.24, 2.45) is 5.92 Å². The van der Waals surface area contributed by atoms with Crippen LogP contribution in [-0.4, -0.2) is 20.9 Å². The fraction of sp³-hybridized carbons (Fsp3) is 0.286. The Balaban J connectivity index is 1.84. The van der Waals surface area contributed by atoms with E-state index in [1.807, 2.05) is 31.2 Å². The van der Waals surface area contributed by atoms with Crippen LogP contribution in [0.3, 0.4) is 0 Å². The number of benzene rings is 2. The van der Waals surface area contributed by atoms with Crippen LogP contribution in [0.1, 0.15) is 40.4 Å². The van der Waals surface area contributed by atoms with Crippen molar-refractivity contribution in [1.29, 1.82) is 0 Å². The molecule has 7 heteroatoms. The number of halogens is 1. The summed E-state index contributed by atoms with van der Waals surface area (Å²) in [5.74, 6) is -0.993. The molecule has 2 aromatic rings. The number of carbonyl (C=O) groups is 1. The van der Waals surface area contributed by atoms with Crippen molar-refractivity contribution in [3.05, 3.63) is 77.6 Å². The molecule has 1 amide bonds. The number of rotatable bonds is 8. The predicted molar refractivity (Wildman–Crippen MR) is 106 cm³/mol. The van der Waals surface area contributed by atoms with Crippen molar-refractivity contribution >= 4 is 15.9 Å². The zero-order chi connectivity index (χ0) is 20.3. The second kappa shape index (κ2) is 8.24. The average molecular weight is 402 g/mol. The Morgan fingerprint density at radius 2 is 1.93 bits per heavy atom. The van der Waals surface area contributed by atoms with Crippen LogP contribution >= 0.6 is 0 Å². The van der Waals surface area contributed by atoms with E-state index in [4.69, 9.17) is 0 Å². The first-order chi connectivity index (χ1) is 13.3. The molecular weight excluding hydrogens is 379 g/mol. The van der Waals surface area contributed by atoms with Gasteiger partial charge in [0.25, 0.3) is 5.91 Å². The summed E-state index contributed by atoms with van der Waals surface area (Å²) < 4.78 is 40.8.